The molecule has 82 valence electrons. The molecular formula is C12H16O3. The van der Waals surface area contributed by atoms with Gasteiger partial charge < -0.3 is 9.84 Å². The van der Waals surface area contributed by atoms with E-state index in [-0.39, 0.29) is 11.9 Å². The third kappa shape index (κ3) is 3.36. The van der Waals surface area contributed by atoms with E-state index in [9.17, 15) is 4.79 Å². The quantitative estimate of drug-likeness (QED) is 0.770. The summed E-state index contributed by atoms with van der Waals surface area (Å²) >= 11 is 0. The summed E-state index contributed by atoms with van der Waals surface area (Å²) in [6, 6.07) is 6.85. The summed E-state index contributed by atoms with van der Waals surface area (Å²) in [5, 5.41) is 9.16. The molecule has 1 atom stereocenters. The second-order valence-electron chi connectivity index (χ2n) is 3.73. The molecule has 1 N–H and O–H groups in total. The lowest BCUT2D eigenvalue weighted by molar-refractivity contribution is 0.0779. The van der Waals surface area contributed by atoms with Gasteiger partial charge in [0.05, 0.1) is 6.10 Å². The first-order valence-corrected chi connectivity index (χ1v) is 4.99. The Hall–Kier alpha value is -1.35. The predicted octanol–water partition coefficient (Wildman–Crippen LogP) is 2.04. The highest BCUT2D eigenvalue weighted by Gasteiger charge is 2.12. The molecule has 0 aliphatic carbocycles. The first kappa shape index (κ1) is 11.7. The zero-order valence-corrected chi connectivity index (χ0v) is 9.23. The van der Waals surface area contributed by atoms with Gasteiger partial charge in [0, 0.05) is 5.56 Å². The number of aliphatic hydroxyl groups is 1. The Morgan fingerprint density at radius 2 is 2.00 bits per heavy atom. The maximum atomic E-state index is 11.5. The number of rotatable bonds is 4. The van der Waals surface area contributed by atoms with Crippen molar-refractivity contribution < 1.29 is 14.6 Å². The van der Waals surface area contributed by atoms with Crippen molar-refractivity contribution in [1.82, 2.24) is 0 Å². The van der Waals surface area contributed by atoms with E-state index in [1.165, 1.54) is 6.92 Å². The zero-order chi connectivity index (χ0) is 11.4. The largest absolute Gasteiger partial charge is 0.491 e. The summed E-state index contributed by atoms with van der Waals surface area (Å²) in [4.78, 5) is 11.5. The third-order valence-electron chi connectivity index (χ3n) is 1.87. The molecule has 0 spiro atoms. The van der Waals surface area contributed by atoms with Gasteiger partial charge in [-0.15, -0.1) is 0 Å². The van der Waals surface area contributed by atoms with Crippen LogP contribution in [-0.4, -0.2) is 23.1 Å². The number of ether oxygens (including phenoxy) is 1. The van der Waals surface area contributed by atoms with Crippen LogP contribution < -0.4 is 4.74 Å². The van der Waals surface area contributed by atoms with Crippen molar-refractivity contribution in [1.29, 1.82) is 0 Å². The van der Waals surface area contributed by atoms with Crippen molar-refractivity contribution in [3.8, 4) is 5.75 Å². The van der Waals surface area contributed by atoms with Gasteiger partial charge in [0.25, 0.3) is 0 Å². The van der Waals surface area contributed by atoms with Gasteiger partial charge >= 0.3 is 0 Å². The highest BCUT2D eigenvalue weighted by atomic mass is 16.5. The summed E-state index contributed by atoms with van der Waals surface area (Å²) in [5.74, 6) is 0.362. The minimum Gasteiger partial charge on any atom is -0.491 e. The molecule has 0 aromatic heterocycles. The summed E-state index contributed by atoms with van der Waals surface area (Å²) < 4.78 is 5.45. The molecule has 0 bridgehead atoms. The normalized spacial score (nSPS) is 12.6. The Balaban J connectivity index is 2.87. The molecule has 0 saturated carbocycles. The summed E-state index contributed by atoms with van der Waals surface area (Å²) in [6.07, 6.45) is -0.902. The van der Waals surface area contributed by atoms with Gasteiger partial charge in [-0.1, -0.05) is 12.1 Å². The standard InChI is InChI=1S/C12H16O3/c1-8(2)15-11-6-4-5-10(7-11)12(14)9(3)13/h4-9,13H,1-3H3/t9-/m0/s1. The second kappa shape index (κ2) is 4.94. The SMILES string of the molecule is CC(C)Oc1cccc(C(=O)[C@H](C)O)c1. The third-order valence-corrected chi connectivity index (χ3v) is 1.87. The van der Waals surface area contributed by atoms with E-state index >= 15 is 0 Å². The van der Waals surface area contributed by atoms with Crippen LogP contribution in [0.2, 0.25) is 0 Å². The fourth-order valence-electron chi connectivity index (χ4n) is 1.24. The molecule has 0 aliphatic heterocycles. The van der Waals surface area contributed by atoms with E-state index in [4.69, 9.17) is 9.84 Å². The van der Waals surface area contributed by atoms with Crippen LogP contribution in [0.25, 0.3) is 0 Å². The Morgan fingerprint density at radius 1 is 1.33 bits per heavy atom. The molecule has 3 heteroatoms. The lowest BCUT2D eigenvalue weighted by Crippen LogP contribution is -2.16. The van der Waals surface area contributed by atoms with Crippen LogP contribution in [0, 0.1) is 0 Å². The van der Waals surface area contributed by atoms with Gasteiger partial charge in [-0.25, -0.2) is 0 Å². The molecule has 0 fully saturated rings. The molecule has 15 heavy (non-hydrogen) atoms. The lowest BCUT2D eigenvalue weighted by atomic mass is 10.1. The molecule has 1 rings (SSSR count). The minimum atomic E-state index is -0.973. The number of carbonyl (C=O) groups is 1. The fraction of sp³-hybridized carbons (Fsp3) is 0.417. The molecule has 0 radical (unpaired) electrons. The van der Waals surface area contributed by atoms with E-state index in [1.54, 1.807) is 24.3 Å². The van der Waals surface area contributed by atoms with Crippen molar-refractivity contribution in [3.05, 3.63) is 29.8 Å². The van der Waals surface area contributed by atoms with Crippen molar-refractivity contribution in [2.24, 2.45) is 0 Å². The van der Waals surface area contributed by atoms with Crippen LogP contribution in [0.4, 0.5) is 0 Å². The number of benzene rings is 1. The molecule has 3 nitrogen and oxygen atoms in total. The fourth-order valence-corrected chi connectivity index (χ4v) is 1.24. The van der Waals surface area contributed by atoms with Crippen LogP contribution in [0.5, 0.6) is 5.75 Å². The average molecular weight is 208 g/mol. The Kier molecular flexibility index (Phi) is 3.86. The van der Waals surface area contributed by atoms with Gasteiger partial charge in [0.2, 0.25) is 0 Å². The van der Waals surface area contributed by atoms with Gasteiger partial charge in [-0.2, -0.15) is 0 Å². The van der Waals surface area contributed by atoms with E-state index in [2.05, 4.69) is 0 Å². The minimum absolute atomic E-state index is 0.0712. The summed E-state index contributed by atoms with van der Waals surface area (Å²) in [6.45, 7) is 5.30. The van der Waals surface area contributed by atoms with Gasteiger partial charge in [0.1, 0.15) is 11.9 Å². The highest BCUT2D eigenvalue weighted by molar-refractivity contribution is 5.99. The smallest absolute Gasteiger partial charge is 0.191 e. The summed E-state index contributed by atoms with van der Waals surface area (Å²) in [5.41, 5.74) is 0.475. The molecule has 1 aromatic rings. The molecule has 0 saturated heterocycles. The zero-order valence-electron chi connectivity index (χ0n) is 9.23. The van der Waals surface area contributed by atoms with Crippen LogP contribution >= 0.6 is 0 Å². The molecule has 0 heterocycles. The van der Waals surface area contributed by atoms with Crippen molar-refractivity contribution in [2.75, 3.05) is 0 Å². The average Bonchev–Trinajstić information content (AvgIpc) is 2.16. The van der Waals surface area contributed by atoms with E-state index < -0.39 is 6.10 Å². The highest BCUT2D eigenvalue weighted by Crippen LogP contribution is 2.16. The number of carbonyl (C=O) groups excluding carboxylic acids is 1. The second-order valence-corrected chi connectivity index (χ2v) is 3.73. The first-order chi connectivity index (χ1) is 7.00. The van der Waals surface area contributed by atoms with E-state index in [0.29, 0.717) is 11.3 Å². The van der Waals surface area contributed by atoms with Crippen LogP contribution in [-0.2, 0) is 0 Å². The molecular weight excluding hydrogens is 192 g/mol. The van der Waals surface area contributed by atoms with Gasteiger partial charge in [-0.3, -0.25) is 4.79 Å². The van der Waals surface area contributed by atoms with Crippen LogP contribution in [0.3, 0.4) is 0 Å². The van der Waals surface area contributed by atoms with Gasteiger partial charge in [-0.05, 0) is 32.9 Å². The molecule has 1 aromatic carbocycles. The van der Waals surface area contributed by atoms with Crippen LogP contribution in [0.1, 0.15) is 31.1 Å². The topological polar surface area (TPSA) is 46.5 Å². The first-order valence-electron chi connectivity index (χ1n) is 4.99. The number of ketones is 1. The molecule has 0 aliphatic rings. The Bertz CT molecular complexity index is 342. The Morgan fingerprint density at radius 3 is 2.53 bits per heavy atom. The maximum absolute atomic E-state index is 11.5. The molecule has 0 unspecified atom stereocenters. The predicted molar refractivity (Wildman–Crippen MR) is 58.2 cm³/mol. The summed E-state index contributed by atoms with van der Waals surface area (Å²) in [7, 11) is 0. The van der Waals surface area contributed by atoms with Crippen LogP contribution in [0.15, 0.2) is 24.3 Å². The molecule has 0 amide bonds. The van der Waals surface area contributed by atoms with Gasteiger partial charge in [0.15, 0.2) is 5.78 Å². The maximum Gasteiger partial charge on any atom is 0.191 e. The number of hydrogen-bond acceptors (Lipinski definition) is 3. The number of Topliss-reactive ketones (excluding diaryl/α,β-unsaturated/α-hetero) is 1. The van der Waals surface area contributed by atoms with E-state index in [1.807, 2.05) is 13.8 Å². The van der Waals surface area contributed by atoms with Crippen molar-refractivity contribution in [2.45, 2.75) is 33.0 Å². The van der Waals surface area contributed by atoms with Crippen molar-refractivity contribution >= 4 is 5.78 Å². The lowest BCUT2D eigenvalue weighted by Gasteiger charge is -2.11. The van der Waals surface area contributed by atoms with E-state index in [0.717, 1.165) is 0 Å². The Labute approximate surface area is 89.7 Å². The number of hydrogen-bond donors (Lipinski definition) is 1. The van der Waals surface area contributed by atoms with Crippen molar-refractivity contribution in [3.63, 3.8) is 0 Å². The number of aliphatic hydroxyl groups excluding tert-OH is 1. The monoisotopic (exact) mass is 208 g/mol.